The Morgan fingerprint density at radius 3 is 2.27 bits per heavy atom. The number of hydrogen-bond acceptors (Lipinski definition) is 2. The van der Waals surface area contributed by atoms with Crippen LogP contribution in [0.25, 0.3) is 0 Å². The Hall–Kier alpha value is -1.12. The van der Waals surface area contributed by atoms with E-state index >= 15 is 0 Å². The van der Waals surface area contributed by atoms with Gasteiger partial charge in [0.05, 0.1) is 11.8 Å². The third kappa shape index (κ3) is 2.18. The Kier molecular flexibility index (Phi) is 4.18. The van der Waals surface area contributed by atoms with E-state index in [0.717, 1.165) is 12.0 Å². The van der Waals surface area contributed by atoms with Gasteiger partial charge in [-0.3, -0.25) is 9.48 Å². The van der Waals surface area contributed by atoms with Gasteiger partial charge in [0.25, 0.3) is 0 Å². The summed E-state index contributed by atoms with van der Waals surface area (Å²) in [7, 11) is 1.81. The Morgan fingerprint density at radius 2 is 2.09 bits per heavy atom. The molecule has 0 aromatic carbocycles. The molecule has 3 heteroatoms. The maximum atomic E-state index is 10.2. The van der Waals surface area contributed by atoms with Crippen LogP contribution in [0, 0.1) is 6.92 Å². The second kappa shape index (κ2) is 4.66. The van der Waals surface area contributed by atoms with Gasteiger partial charge < -0.3 is 0 Å². The Morgan fingerprint density at radius 1 is 1.55 bits per heavy atom. The molecule has 3 nitrogen and oxygen atoms in total. The largest absolute Gasteiger partial charge is 0.298 e. The van der Waals surface area contributed by atoms with Crippen LogP contribution in [0.1, 0.15) is 29.9 Å². The van der Waals surface area contributed by atoms with Crippen molar-refractivity contribution in [2.24, 2.45) is 7.05 Å². The molecule has 1 aromatic rings. The molecular formula is C8H14N2O. The predicted octanol–water partition coefficient (Wildman–Crippen LogP) is 1.57. The zero-order valence-electron chi connectivity index (χ0n) is 7.46. The van der Waals surface area contributed by atoms with E-state index in [-0.39, 0.29) is 0 Å². The first-order valence-corrected chi connectivity index (χ1v) is 3.69. The van der Waals surface area contributed by atoms with E-state index in [9.17, 15) is 4.79 Å². The molecule has 0 fully saturated rings. The molecular weight excluding hydrogens is 140 g/mol. The fourth-order valence-corrected chi connectivity index (χ4v) is 0.631. The van der Waals surface area contributed by atoms with Crippen LogP contribution < -0.4 is 0 Å². The van der Waals surface area contributed by atoms with Crippen LogP contribution in [0.5, 0.6) is 0 Å². The van der Waals surface area contributed by atoms with E-state index in [4.69, 9.17) is 0 Å². The van der Waals surface area contributed by atoms with Crippen molar-refractivity contribution in [3.63, 3.8) is 0 Å². The van der Waals surface area contributed by atoms with Gasteiger partial charge in [0.2, 0.25) is 0 Å². The minimum atomic E-state index is 0.664. The SMILES string of the molecule is CC.Cc1c(C=O)cnn1C. The number of aldehydes is 1. The normalized spacial score (nSPS) is 8.36. The zero-order valence-corrected chi connectivity index (χ0v) is 7.46. The van der Waals surface area contributed by atoms with Crippen molar-refractivity contribution < 1.29 is 4.79 Å². The lowest BCUT2D eigenvalue weighted by molar-refractivity contribution is 0.112. The van der Waals surface area contributed by atoms with Gasteiger partial charge in [-0.25, -0.2) is 0 Å². The zero-order chi connectivity index (χ0) is 8.85. The minimum Gasteiger partial charge on any atom is -0.298 e. The summed E-state index contributed by atoms with van der Waals surface area (Å²) < 4.78 is 1.67. The molecule has 0 bridgehead atoms. The fourth-order valence-electron chi connectivity index (χ4n) is 0.631. The van der Waals surface area contributed by atoms with E-state index in [2.05, 4.69) is 5.10 Å². The highest BCUT2D eigenvalue weighted by atomic mass is 16.1. The maximum absolute atomic E-state index is 10.2. The van der Waals surface area contributed by atoms with E-state index in [1.807, 2.05) is 27.8 Å². The molecule has 0 radical (unpaired) electrons. The fraction of sp³-hybridized carbons (Fsp3) is 0.500. The van der Waals surface area contributed by atoms with Crippen LogP contribution >= 0.6 is 0 Å². The highest BCUT2D eigenvalue weighted by molar-refractivity contribution is 5.75. The summed E-state index contributed by atoms with van der Waals surface area (Å²) in [5.41, 5.74) is 1.57. The molecule has 0 aliphatic rings. The quantitative estimate of drug-likeness (QED) is 0.575. The molecule has 1 aromatic heterocycles. The number of hydrogen-bond donors (Lipinski definition) is 0. The summed E-state index contributed by atoms with van der Waals surface area (Å²) in [6.45, 7) is 5.86. The molecule has 62 valence electrons. The number of aryl methyl sites for hydroxylation is 1. The topological polar surface area (TPSA) is 34.9 Å². The Balaban J connectivity index is 0.000000461. The van der Waals surface area contributed by atoms with Crippen molar-refractivity contribution in [3.05, 3.63) is 17.5 Å². The van der Waals surface area contributed by atoms with Crippen LogP contribution in [0.4, 0.5) is 0 Å². The maximum Gasteiger partial charge on any atom is 0.153 e. The lowest BCUT2D eigenvalue weighted by Crippen LogP contribution is -1.92. The van der Waals surface area contributed by atoms with E-state index < -0.39 is 0 Å². The van der Waals surface area contributed by atoms with E-state index in [0.29, 0.717) is 5.56 Å². The second-order valence-corrected chi connectivity index (χ2v) is 1.93. The van der Waals surface area contributed by atoms with Crippen LogP contribution in [-0.4, -0.2) is 16.1 Å². The smallest absolute Gasteiger partial charge is 0.153 e. The third-order valence-electron chi connectivity index (χ3n) is 1.40. The molecule has 0 saturated carbocycles. The van der Waals surface area contributed by atoms with E-state index in [1.165, 1.54) is 0 Å². The van der Waals surface area contributed by atoms with Gasteiger partial charge in [-0.15, -0.1) is 0 Å². The van der Waals surface area contributed by atoms with Gasteiger partial charge in [-0.05, 0) is 6.92 Å². The average Bonchev–Trinajstić information content (AvgIpc) is 2.37. The molecule has 0 aliphatic carbocycles. The first kappa shape index (κ1) is 9.88. The van der Waals surface area contributed by atoms with Gasteiger partial charge in [0.15, 0.2) is 6.29 Å². The molecule has 0 saturated heterocycles. The predicted molar refractivity (Wildman–Crippen MR) is 44.7 cm³/mol. The van der Waals surface area contributed by atoms with Crippen molar-refractivity contribution >= 4 is 6.29 Å². The third-order valence-corrected chi connectivity index (χ3v) is 1.40. The number of aromatic nitrogens is 2. The van der Waals surface area contributed by atoms with Crippen LogP contribution in [-0.2, 0) is 7.05 Å². The van der Waals surface area contributed by atoms with Gasteiger partial charge in [-0.2, -0.15) is 5.10 Å². The lowest BCUT2D eigenvalue weighted by atomic mass is 10.3. The number of carbonyl (C=O) groups is 1. The summed E-state index contributed by atoms with van der Waals surface area (Å²) in [5, 5.41) is 3.87. The molecule has 0 N–H and O–H groups in total. The lowest BCUT2D eigenvalue weighted by Gasteiger charge is -1.90. The van der Waals surface area contributed by atoms with Gasteiger partial charge in [-0.1, -0.05) is 13.8 Å². The van der Waals surface area contributed by atoms with Crippen molar-refractivity contribution in [2.45, 2.75) is 20.8 Å². The van der Waals surface area contributed by atoms with Gasteiger partial charge in [0.1, 0.15) is 0 Å². The summed E-state index contributed by atoms with van der Waals surface area (Å²) in [6, 6.07) is 0. The molecule has 0 spiro atoms. The van der Waals surface area contributed by atoms with Crippen molar-refractivity contribution in [1.29, 1.82) is 0 Å². The Bertz CT molecular complexity index is 228. The van der Waals surface area contributed by atoms with Gasteiger partial charge >= 0.3 is 0 Å². The number of rotatable bonds is 1. The average molecular weight is 154 g/mol. The van der Waals surface area contributed by atoms with Crippen LogP contribution in [0.3, 0.4) is 0 Å². The van der Waals surface area contributed by atoms with Crippen LogP contribution in [0.2, 0.25) is 0 Å². The van der Waals surface area contributed by atoms with Crippen molar-refractivity contribution in [3.8, 4) is 0 Å². The first-order chi connectivity index (χ1) is 5.25. The summed E-state index contributed by atoms with van der Waals surface area (Å²) in [4.78, 5) is 10.2. The molecule has 0 aliphatic heterocycles. The molecule has 0 amide bonds. The van der Waals surface area contributed by atoms with E-state index in [1.54, 1.807) is 10.9 Å². The highest BCUT2D eigenvalue weighted by Gasteiger charge is 1.98. The van der Waals surface area contributed by atoms with Gasteiger partial charge in [0, 0.05) is 12.7 Å². The molecule has 0 unspecified atom stereocenters. The molecule has 1 rings (SSSR count). The summed E-state index contributed by atoms with van der Waals surface area (Å²) >= 11 is 0. The monoisotopic (exact) mass is 154 g/mol. The number of carbonyl (C=O) groups excluding carboxylic acids is 1. The second-order valence-electron chi connectivity index (χ2n) is 1.93. The number of nitrogens with zero attached hydrogens (tertiary/aromatic N) is 2. The molecule has 11 heavy (non-hydrogen) atoms. The van der Waals surface area contributed by atoms with Crippen molar-refractivity contribution in [2.75, 3.05) is 0 Å². The minimum absolute atomic E-state index is 0.664. The highest BCUT2D eigenvalue weighted by Crippen LogP contribution is 2.00. The first-order valence-electron chi connectivity index (χ1n) is 3.69. The van der Waals surface area contributed by atoms with Crippen molar-refractivity contribution in [1.82, 2.24) is 9.78 Å². The molecule has 1 heterocycles. The standard InChI is InChI=1S/C6H8N2O.C2H6/c1-5-6(4-9)3-7-8(5)2;1-2/h3-4H,1-2H3;1-2H3. The molecule has 0 atom stereocenters. The Labute approximate surface area is 67.0 Å². The summed E-state index contributed by atoms with van der Waals surface area (Å²) in [5.74, 6) is 0. The summed E-state index contributed by atoms with van der Waals surface area (Å²) in [6.07, 6.45) is 2.37. The van der Waals surface area contributed by atoms with Crippen LogP contribution in [0.15, 0.2) is 6.20 Å².